The van der Waals surface area contributed by atoms with Crippen LogP contribution >= 0.6 is 27.5 Å². The first-order valence-electron chi connectivity index (χ1n) is 9.96. The van der Waals surface area contributed by atoms with Crippen molar-refractivity contribution in [1.29, 1.82) is 0 Å². The molecule has 3 aromatic rings. The highest BCUT2D eigenvalue weighted by atomic mass is 79.9. The van der Waals surface area contributed by atoms with E-state index < -0.39 is 17.7 Å². The number of rotatable bonds is 4. The van der Waals surface area contributed by atoms with Gasteiger partial charge in [0.25, 0.3) is 11.7 Å². The lowest BCUT2D eigenvalue weighted by molar-refractivity contribution is -0.132. The Balaban J connectivity index is 1.87. The lowest BCUT2D eigenvalue weighted by Gasteiger charge is -2.25. The first-order chi connectivity index (χ1) is 15.8. The summed E-state index contributed by atoms with van der Waals surface area (Å²) >= 11 is 9.35. The minimum absolute atomic E-state index is 0.0180. The van der Waals surface area contributed by atoms with Gasteiger partial charge in [-0.15, -0.1) is 0 Å². The Bertz CT molecular complexity index is 1270. The molecule has 33 heavy (non-hydrogen) atoms. The maximum Gasteiger partial charge on any atom is 0.300 e. The maximum atomic E-state index is 13.2. The van der Waals surface area contributed by atoms with E-state index >= 15 is 0 Å². The van der Waals surface area contributed by atoms with E-state index in [0.29, 0.717) is 27.5 Å². The van der Waals surface area contributed by atoms with Gasteiger partial charge in [-0.1, -0.05) is 39.7 Å². The second-order valence-electron chi connectivity index (χ2n) is 7.46. The zero-order chi connectivity index (χ0) is 23.7. The summed E-state index contributed by atoms with van der Waals surface area (Å²) in [7, 11) is 0. The van der Waals surface area contributed by atoms with Gasteiger partial charge in [-0.25, -0.2) is 0 Å². The zero-order valence-corrected chi connectivity index (χ0v) is 19.7. The highest BCUT2D eigenvalue weighted by Gasteiger charge is 2.46. The molecule has 3 aromatic carbocycles. The smallest absolute Gasteiger partial charge is 0.300 e. The molecule has 0 saturated carbocycles. The summed E-state index contributed by atoms with van der Waals surface area (Å²) in [5, 5.41) is 14.2. The summed E-state index contributed by atoms with van der Waals surface area (Å²) in [6.45, 7) is 1.40. The average Bonchev–Trinajstić information content (AvgIpc) is 3.05. The number of carbonyl (C=O) groups excluding carboxylic acids is 3. The molecule has 2 N–H and O–H groups in total. The van der Waals surface area contributed by atoms with Crippen molar-refractivity contribution in [2.45, 2.75) is 13.0 Å². The number of nitrogens with one attached hydrogen (secondary N) is 1. The van der Waals surface area contributed by atoms with Crippen LogP contribution in [-0.4, -0.2) is 22.7 Å². The van der Waals surface area contributed by atoms with Crippen molar-refractivity contribution in [1.82, 2.24) is 0 Å². The second kappa shape index (κ2) is 9.21. The SMILES string of the molecule is CC(=O)Nc1ccc(N2C(=O)C(=O)/C(=C(\O)c3ccc(Cl)cc3)C2c2ccc(Br)cc2)cc1. The Hall–Kier alpha value is -3.42. The molecule has 0 spiro atoms. The van der Waals surface area contributed by atoms with Crippen LogP contribution in [0.25, 0.3) is 5.76 Å². The molecule has 1 atom stereocenters. The Kier molecular flexibility index (Phi) is 6.35. The van der Waals surface area contributed by atoms with E-state index in [2.05, 4.69) is 21.2 Å². The van der Waals surface area contributed by atoms with Crippen molar-refractivity contribution in [3.63, 3.8) is 0 Å². The quantitative estimate of drug-likeness (QED) is 0.260. The third-order valence-corrected chi connectivity index (χ3v) is 5.99. The van der Waals surface area contributed by atoms with Gasteiger partial charge in [-0.2, -0.15) is 0 Å². The van der Waals surface area contributed by atoms with Crippen molar-refractivity contribution < 1.29 is 19.5 Å². The van der Waals surface area contributed by atoms with E-state index in [9.17, 15) is 19.5 Å². The fourth-order valence-corrected chi connectivity index (χ4v) is 4.12. The number of halogens is 2. The van der Waals surface area contributed by atoms with E-state index in [4.69, 9.17) is 11.6 Å². The third kappa shape index (κ3) is 4.55. The zero-order valence-electron chi connectivity index (χ0n) is 17.4. The normalized spacial score (nSPS) is 17.3. The summed E-state index contributed by atoms with van der Waals surface area (Å²) in [5.41, 5.74) is 2.02. The number of hydrogen-bond donors (Lipinski definition) is 2. The van der Waals surface area contributed by atoms with Gasteiger partial charge in [-0.3, -0.25) is 19.3 Å². The van der Waals surface area contributed by atoms with E-state index in [0.717, 1.165) is 4.47 Å². The van der Waals surface area contributed by atoms with Gasteiger partial charge in [0, 0.05) is 33.4 Å². The predicted molar refractivity (Wildman–Crippen MR) is 131 cm³/mol. The maximum absolute atomic E-state index is 13.2. The van der Waals surface area contributed by atoms with Gasteiger partial charge in [0.2, 0.25) is 5.91 Å². The Morgan fingerprint density at radius 2 is 1.58 bits per heavy atom. The van der Waals surface area contributed by atoms with E-state index in [-0.39, 0.29) is 17.2 Å². The molecule has 0 aliphatic carbocycles. The molecular weight excluding hydrogens is 508 g/mol. The number of amides is 2. The molecule has 1 unspecified atom stereocenters. The molecule has 1 fully saturated rings. The first-order valence-corrected chi connectivity index (χ1v) is 11.1. The van der Waals surface area contributed by atoms with Crippen LogP contribution in [0.5, 0.6) is 0 Å². The van der Waals surface area contributed by atoms with Gasteiger partial charge in [0.05, 0.1) is 11.6 Å². The number of Topliss-reactive ketones (excluding diaryl/α,β-unsaturated/α-hetero) is 1. The highest BCUT2D eigenvalue weighted by molar-refractivity contribution is 9.10. The minimum Gasteiger partial charge on any atom is -0.507 e. The van der Waals surface area contributed by atoms with Crippen molar-refractivity contribution in [2.75, 3.05) is 10.2 Å². The topological polar surface area (TPSA) is 86.7 Å². The van der Waals surface area contributed by atoms with Crippen LogP contribution < -0.4 is 10.2 Å². The third-order valence-electron chi connectivity index (χ3n) is 5.21. The molecule has 1 saturated heterocycles. The van der Waals surface area contributed by atoms with Crippen LogP contribution in [0.15, 0.2) is 82.8 Å². The number of nitrogens with zero attached hydrogens (tertiary/aromatic N) is 1. The predicted octanol–water partition coefficient (Wildman–Crippen LogP) is 5.69. The average molecular weight is 526 g/mol. The molecule has 6 nitrogen and oxygen atoms in total. The van der Waals surface area contributed by atoms with Crippen molar-refractivity contribution in [3.8, 4) is 0 Å². The number of aliphatic hydroxyl groups excluding tert-OH is 1. The lowest BCUT2D eigenvalue weighted by atomic mass is 9.95. The van der Waals surface area contributed by atoms with Gasteiger partial charge < -0.3 is 10.4 Å². The number of benzene rings is 3. The first kappa shape index (κ1) is 22.8. The number of anilines is 2. The molecule has 1 aliphatic heterocycles. The Morgan fingerprint density at radius 1 is 0.970 bits per heavy atom. The van der Waals surface area contributed by atoms with Gasteiger partial charge >= 0.3 is 0 Å². The number of hydrogen-bond acceptors (Lipinski definition) is 4. The fourth-order valence-electron chi connectivity index (χ4n) is 3.73. The Labute approximate surface area is 203 Å². The largest absolute Gasteiger partial charge is 0.507 e. The van der Waals surface area contributed by atoms with Gasteiger partial charge in [0.1, 0.15) is 5.76 Å². The fraction of sp³-hybridized carbons (Fsp3) is 0.0800. The van der Waals surface area contributed by atoms with E-state index in [1.807, 2.05) is 0 Å². The molecule has 0 aromatic heterocycles. The Morgan fingerprint density at radius 3 is 2.15 bits per heavy atom. The molecular formula is C25H18BrClN2O4. The molecule has 8 heteroatoms. The van der Waals surface area contributed by atoms with E-state index in [1.54, 1.807) is 72.8 Å². The van der Waals surface area contributed by atoms with Crippen molar-refractivity contribution >= 4 is 62.3 Å². The van der Waals surface area contributed by atoms with Crippen LogP contribution in [0.4, 0.5) is 11.4 Å². The highest BCUT2D eigenvalue weighted by Crippen LogP contribution is 2.42. The lowest BCUT2D eigenvalue weighted by Crippen LogP contribution is -2.29. The van der Waals surface area contributed by atoms with Crippen LogP contribution in [0.3, 0.4) is 0 Å². The van der Waals surface area contributed by atoms with E-state index in [1.165, 1.54) is 11.8 Å². The van der Waals surface area contributed by atoms with Crippen LogP contribution in [0.1, 0.15) is 24.1 Å². The number of carbonyl (C=O) groups is 3. The number of aliphatic hydroxyl groups is 1. The summed E-state index contributed by atoms with van der Waals surface area (Å²) in [5.74, 6) is -2.05. The van der Waals surface area contributed by atoms with Crippen LogP contribution in [0.2, 0.25) is 5.02 Å². The second-order valence-corrected chi connectivity index (χ2v) is 8.81. The minimum atomic E-state index is -0.847. The summed E-state index contributed by atoms with van der Waals surface area (Å²) in [4.78, 5) is 39.0. The summed E-state index contributed by atoms with van der Waals surface area (Å²) in [6.07, 6.45) is 0. The van der Waals surface area contributed by atoms with Crippen molar-refractivity contribution in [3.05, 3.63) is 99.0 Å². The van der Waals surface area contributed by atoms with Crippen LogP contribution in [-0.2, 0) is 14.4 Å². The number of ketones is 1. The molecule has 0 bridgehead atoms. The standard InChI is InChI=1S/C25H18BrClN2O4/c1-14(30)28-19-10-12-20(13-11-19)29-22(15-2-6-17(26)7-3-15)21(24(32)25(29)33)23(31)16-4-8-18(27)9-5-16/h2-13,22,31H,1H3,(H,28,30)/b23-21-. The molecule has 4 rings (SSSR count). The molecule has 1 aliphatic rings. The van der Waals surface area contributed by atoms with Gasteiger partial charge in [-0.05, 0) is 66.2 Å². The monoisotopic (exact) mass is 524 g/mol. The molecule has 1 heterocycles. The van der Waals surface area contributed by atoms with Gasteiger partial charge in [0.15, 0.2) is 0 Å². The summed E-state index contributed by atoms with van der Waals surface area (Å²) in [6, 6.07) is 19.3. The van der Waals surface area contributed by atoms with Crippen molar-refractivity contribution in [2.24, 2.45) is 0 Å². The van der Waals surface area contributed by atoms with Crippen LogP contribution in [0, 0.1) is 0 Å². The summed E-state index contributed by atoms with van der Waals surface area (Å²) < 4.78 is 0.834. The molecule has 0 radical (unpaired) electrons. The molecule has 166 valence electrons. The molecule has 2 amide bonds.